The Balaban J connectivity index is 1.43. The molecule has 25 heavy (non-hydrogen) atoms. The number of para-hydroxylation sites is 2. The quantitative estimate of drug-likeness (QED) is 0.895. The first-order chi connectivity index (χ1) is 12.1. The summed E-state index contributed by atoms with van der Waals surface area (Å²) in [4.78, 5) is 34.8. The van der Waals surface area contributed by atoms with Crippen LogP contribution in [-0.4, -0.2) is 52.9 Å². The molecule has 4 rings (SSSR count). The van der Waals surface area contributed by atoms with Crippen LogP contribution in [0.25, 0.3) is 11.0 Å². The first kappa shape index (κ1) is 15.8. The Kier molecular flexibility index (Phi) is 3.99. The number of nitrogens with one attached hydrogen (secondary N) is 1. The Bertz CT molecular complexity index is 822. The molecule has 130 valence electrons. The van der Waals surface area contributed by atoms with Gasteiger partial charge in [-0.25, -0.2) is 9.97 Å². The van der Waals surface area contributed by atoms with Gasteiger partial charge in [-0.2, -0.15) is 0 Å². The van der Waals surface area contributed by atoms with Gasteiger partial charge in [0.2, 0.25) is 17.7 Å². The van der Waals surface area contributed by atoms with Crippen molar-refractivity contribution in [3.63, 3.8) is 0 Å². The van der Waals surface area contributed by atoms with E-state index in [0.717, 1.165) is 11.0 Å². The van der Waals surface area contributed by atoms with E-state index in [2.05, 4.69) is 15.3 Å². The maximum absolute atomic E-state index is 12.5. The number of benzene rings is 1. The molecule has 1 aromatic heterocycles. The highest BCUT2D eigenvalue weighted by molar-refractivity contribution is 5.81. The van der Waals surface area contributed by atoms with Gasteiger partial charge in [0.05, 0.1) is 24.2 Å². The van der Waals surface area contributed by atoms with Crippen molar-refractivity contribution in [2.24, 2.45) is 5.92 Å². The standard InChI is InChI=1S/C18H20N4O3/c1-25-18-14(19-12-4-2-3-5-13(12)21-18)6-7-17(24)22-9-11-8-16(23)20-15(11)10-22/h2-5,11,15H,6-10H2,1H3,(H,20,23)/t11-,15+/m0/s1. The van der Waals surface area contributed by atoms with Crippen LogP contribution in [0.1, 0.15) is 18.5 Å². The van der Waals surface area contributed by atoms with Gasteiger partial charge in [0, 0.05) is 38.3 Å². The Hall–Kier alpha value is -2.70. The summed E-state index contributed by atoms with van der Waals surface area (Å²) in [5, 5.41) is 2.94. The van der Waals surface area contributed by atoms with Gasteiger partial charge in [-0.05, 0) is 12.1 Å². The predicted octanol–water partition coefficient (Wildman–Crippen LogP) is 0.918. The van der Waals surface area contributed by atoms with Crippen LogP contribution in [0.3, 0.4) is 0 Å². The molecular formula is C18H20N4O3. The van der Waals surface area contributed by atoms with Gasteiger partial charge in [0.1, 0.15) is 5.69 Å². The third-order valence-electron chi connectivity index (χ3n) is 4.96. The van der Waals surface area contributed by atoms with E-state index in [1.807, 2.05) is 29.2 Å². The number of carbonyl (C=O) groups excluding carboxylic acids is 2. The number of ether oxygens (including phenoxy) is 1. The van der Waals surface area contributed by atoms with Crippen LogP contribution in [0.4, 0.5) is 0 Å². The van der Waals surface area contributed by atoms with E-state index < -0.39 is 0 Å². The molecule has 0 saturated carbocycles. The number of hydrogen-bond donors (Lipinski definition) is 1. The van der Waals surface area contributed by atoms with Crippen LogP contribution in [0.5, 0.6) is 5.88 Å². The second-order valence-electron chi connectivity index (χ2n) is 6.61. The van der Waals surface area contributed by atoms with Crippen molar-refractivity contribution in [3.8, 4) is 5.88 Å². The fourth-order valence-electron chi connectivity index (χ4n) is 3.68. The summed E-state index contributed by atoms with van der Waals surface area (Å²) in [6.07, 6.45) is 1.37. The number of nitrogens with zero attached hydrogens (tertiary/aromatic N) is 3. The largest absolute Gasteiger partial charge is 0.480 e. The Labute approximate surface area is 145 Å². The number of fused-ring (bicyclic) bond motifs is 2. The number of likely N-dealkylation sites (tertiary alicyclic amines) is 1. The molecule has 1 N–H and O–H groups in total. The second kappa shape index (κ2) is 6.31. The third kappa shape index (κ3) is 3.01. The van der Waals surface area contributed by atoms with Gasteiger partial charge >= 0.3 is 0 Å². The molecule has 7 heteroatoms. The molecule has 1 aromatic carbocycles. The zero-order chi connectivity index (χ0) is 17.4. The summed E-state index contributed by atoms with van der Waals surface area (Å²) >= 11 is 0. The molecule has 2 atom stereocenters. The van der Waals surface area contributed by atoms with E-state index >= 15 is 0 Å². The number of hydrogen-bond acceptors (Lipinski definition) is 5. The molecule has 0 bridgehead atoms. The van der Waals surface area contributed by atoms with E-state index in [1.54, 1.807) is 7.11 Å². The zero-order valence-electron chi connectivity index (χ0n) is 14.1. The lowest BCUT2D eigenvalue weighted by Crippen LogP contribution is -2.35. The van der Waals surface area contributed by atoms with Crippen LogP contribution < -0.4 is 10.1 Å². The maximum Gasteiger partial charge on any atom is 0.235 e. The summed E-state index contributed by atoms with van der Waals surface area (Å²) in [6, 6.07) is 7.72. The van der Waals surface area contributed by atoms with Crippen LogP contribution in [-0.2, 0) is 16.0 Å². The van der Waals surface area contributed by atoms with Gasteiger partial charge in [-0.15, -0.1) is 0 Å². The van der Waals surface area contributed by atoms with Crippen molar-refractivity contribution < 1.29 is 14.3 Å². The molecular weight excluding hydrogens is 320 g/mol. The molecule has 3 heterocycles. The van der Waals surface area contributed by atoms with Crippen molar-refractivity contribution in [1.82, 2.24) is 20.2 Å². The Morgan fingerprint density at radius 1 is 1.28 bits per heavy atom. The third-order valence-corrected chi connectivity index (χ3v) is 4.96. The molecule has 2 aromatic rings. The van der Waals surface area contributed by atoms with E-state index in [4.69, 9.17) is 4.74 Å². The molecule has 2 saturated heterocycles. The topological polar surface area (TPSA) is 84.4 Å². The fraction of sp³-hybridized carbons (Fsp3) is 0.444. The van der Waals surface area contributed by atoms with Gasteiger partial charge < -0.3 is 15.0 Å². The summed E-state index contributed by atoms with van der Waals surface area (Å²) in [6.45, 7) is 1.26. The van der Waals surface area contributed by atoms with Gasteiger partial charge in [0.25, 0.3) is 0 Å². The summed E-state index contributed by atoms with van der Waals surface area (Å²) in [5.74, 6) is 0.905. The summed E-state index contributed by atoms with van der Waals surface area (Å²) in [7, 11) is 1.56. The van der Waals surface area contributed by atoms with Crippen LogP contribution >= 0.6 is 0 Å². The minimum Gasteiger partial charge on any atom is -0.480 e. The van der Waals surface area contributed by atoms with Crippen LogP contribution in [0.2, 0.25) is 0 Å². The predicted molar refractivity (Wildman–Crippen MR) is 91.0 cm³/mol. The number of aromatic nitrogens is 2. The lowest BCUT2D eigenvalue weighted by Gasteiger charge is -2.17. The molecule has 2 aliphatic heterocycles. The van der Waals surface area contributed by atoms with E-state index in [0.29, 0.717) is 43.9 Å². The van der Waals surface area contributed by atoms with Crippen molar-refractivity contribution >= 4 is 22.8 Å². The van der Waals surface area contributed by atoms with Gasteiger partial charge in [0.15, 0.2) is 0 Å². The van der Waals surface area contributed by atoms with Crippen molar-refractivity contribution in [3.05, 3.63) is 30.0 Å². The average Bonchev–Trinajstić information content (AvgIpc) is 3.16. The van der Waals surface area contributed by atoms with Crippen molar-refractivity contribution in [2.45, 2.75) is 25.3 Å². The minimum absolute atomic E-state index is 0.0839. The molecule has 2 amide bonds. The smallest absolute Gasteiger partial charge is 0.235 e. The van der Waals surface area contributed by atoms with Gasteiger partial charge in [-0.1, -0.05) is 12.1 Å². The SMILES string of the molecule is COc1nc2ccccc2nc1CCC(=O)N1C[C@@H]2CC(=O)N[C@@H]2C1. The number of rotatable bonds is 4. The normalized spacial score (nSPS) is 22.1. The van der Waals surface area contributed by atoms with Crippen molar-refractivity contribution in [1.29, 1.82) is 0 Å². The molecule has 0 radical (unpaired) electrons. The maximum atomic E-state index is 12.5. The second-order valence-corrected chi connectivity index (χ2v) is 6.61. The molecule has 7 nitrogen and oxygen atoms in total. The number of carbonyl (C=O) groups is 2. The molecule has 0 unspecified atom stereocenters. The van der Waals surface area contributed by atoms with Crippen LogP contribution in [0.15, 0.2) is 24.3 Å². The number of amides is 2. The monoisotopic (exact) mass is 340 g/mol. The highest BCUT2D eigenvalue weighted by Crippen LogP contribution is 2.26. The minimum atomic E-state index is 0.0839. The van der Waals surface area contributed by atoms with Gasteiger partial charge in [-0.3, -0.25) is 9.59 Å². The van der Waals surface area contributed by atoms with Crippen molar-refractivity contribution in [2.75, 3.05) is 20.2 Å². The lowest BCUT2D eigenvalue weighted by atomic mass is 10.1. The molecule has 0 spiro atoms. The fourth-order valence-corrected chi connectivity index (χ4v) is 3.68. The highest BCUT2D eigenvalue weighted by atomic mass is 16.5. The first-order valence-electron chi connectivity index (χ1n) is 8.51. The average molecular weight is 340 g/mol. The van der Waals surface area contributed by atoms with E-state index in [9.17, 15) is 9.59 Å². The van der Waals surface area contributed by atoms with E-state index in [-0.39, 0.29) is 23.8 Å². The molecule has 2 aliphatic rings. The first-order valence-corrected chi connectivity index (χ1v) is 8.51. The van der Waals surface area contributed by atoms with Crippen LogP contribution in [0, 0.1) is 5.92 Å². The number of aryl methyl sites for hydroxylation is 1. The Morgan fingerprint density at radius 2 is 2.04 bits per heavy atom. The Morgan fingerprint density at radius 3 is 2.76 bits per heavy atom. The zero-order valence-corrected chi connectivity index (χ0v) is 14.1. The number of methoxy groups -OCH3 is 1. The molecule has 2 fully saturated rings. The summed E-state index contributed by atoms with van der Waals surface area (Å²) in [5.41, 5.74) is 2.27. The van der Waals surface area contributed by atoms with E-state index in [1.165, 1.54) is 0 Å². The lowest BCUT2D eigenvalue weighted by molar-refractivity contribution is -0.131. The highest BCUT2D eigenvalue weighted by Gasteiger charge is 2.41. The molecule has 0 aliphatic carbocycles. The summed E-state index contributed by atoms with van der Waals surface area (Å²) < 4.78 is 5.34.